The molecule has 0 spiro atoms. The van der Waals surface area contributed by atoms with E-state index in [2.05, 4.69) is 15.6 Å². The van der Waals surface area contributed by atoms with Crippen LogP contribution in [-0.2, 0) is 28.8 Å². The van der Waals surface area contributed by atoms with Gasteiger partial charge in [0.2, 0.25) is 5.91 Å². The van der Waals surface area contributed by atoms with Crippen molar-refractivity contribution in [3.8, 4) is 0 Å². The van der Waals surface area contributed by atoms with Crippen molar-refractivity contribution in [1.29, 1.82) is 0 Å². The van der Waals surface area contributed by atoms with Gasteiger partial charge in [0, 0.05) is 23.9 Å². The molecule has 3 rings (SSSR count). The number of aromatic nitrogens is 1. The lowest BCUT2D eigenvalue weighted by atomic mass is 10.0. The van der Waals surface area contributed by atoms with Gasteiger partial charge in [-0.3, -0.25) is 14.9 Å². The van der Waals surface area contributed by atoms with Crippen LogP contribution in [0, 0.1) is 10.1 Å². The van der Waals surface area contributed by atoms with Gasteiger partial charge in [-0.25, -0.2) is 9.78 Å². The molecule has 2 N–H and O–H groups in total. The fraction of sp³-hybridized carbons (Fsp3) is 0.292. The Balaban J connectivity index is 1.83. The van der Waals surface area contributed by atoms with Crippen molar-refractivity contribution in [1.82, 2.24) is 15.6 Å². The van der Waals surface area contributed by atoms with Crippen LogP contribution in [0.25, 0.3) is 0 Å². The topological polar surface area (TPSA) is 123 Å². The molecule has 1 heterocycles. The van der Waals surface area contributed by atoms with E-state index in [1.807, 2.05) is 42.6 Å². The van der Waals surface area contributed by atoms with Crippen molar-refractivity contribution < 1.29 is 19.2 Å². The zero-order valence-electron chi connectivity index (χ0n) is 18.9. The van der Waals surface area contributed by atoms with E-state index in [-0.39, 0.29) is 18.0 Å². The summed E-state index contributed by atoms with van der Waals surface area (Å²) < 4.78 is 4.71. The van der Waals surface area contributed by atoms with Gasteiger partial charge in [-0.15, -0.1) is 11.3 Å². The number of methoxy groups -OCH3 is 1. The molecule has 178 valence electrons. The van der Waals surface area contributed by atoms with E-state index in [1.165, 1.54) is 30.6 Å². The van der Waals surface area contributed by atoms with Gasteiger partial charge in [0.25, 0.3) is 5.69 Å². The second kappa shape index (κ2) is 11.9. The van der Waals surface area contributed by atoms with E-state index in [1.54, 1.807) is 12.1 Å². The molecule has 0 saturated heterocycles. The number of carbonyl (C=O) groups excluding carboxylic acids is 2. The predicted molar refractivity (Wildman–Crippen MR) is 129 cm³/mol. The molecule has 0 aliphatic rings. The molecular weight excluding hydrogens is 456 g/mol. The fourth-order valence-corrected chi connectivity index (χ4v) is 4.20. The lowest BCUT2D eigenvalue weighted by molar-refractivity contribution is -0.384. The van der Waals surface area contributed by atoms with Gasteiger partial charge in [0.1, 0.15) is 6.04 Å². The molecule has 2 aromatic carbocycles. The number of nitro benzene ring substituents is 1. The summed E-state index contributed by atoms with van der Waals surface area (Å²) in [7, 11) is 1.24. The number of thiazole rings is 1. The first-order valence-electron chi connectivity index (χ1n) is 10.8. The summed E-state index contributed by atoms with van der Waals surface area (Å²) in [5, 5.41) is 19.4. The SMILES string of the molecule is CCc1nc([C@H](Cc2ccc([N+](=O)[O-])cc2)NC(=O)C(Cc2ccccc2)NC(=O)OC)cs1. The first-order chi connectivity index (χ1) is 16.4. The van der Waals surface area contributed by atoms with Crippen molar-refractivity contribution in [3.63, 3.8) is 0 Å². The van der Waals surface area contributed by atoms with Gasteiger partial charge in [0.15, 0.2) is 0 Å². The highest BCUT2D eigenvalue weighted by Crippen LogP contribution is 2.23. The van der Waals surface area contributed by atoms with Gasteiger partial charge in [-0.05, 0) is 24.0 Å². The van der Waals surface area contributed by atoms with Crippen LogP contribution >= 0.6 is 11.3 Å². The number of non-ortho nitro benzene ring substituents is 1. The summed E-state index contributed by atoms with van der Waals surface area (Å²) >= 11 is 1.51. The molecule has 2 amide bonds. The minimum atomic E-state index is -0.863. The van der Waals surface area contributed by atoms with E-state index in [0.29, 0.717) is 12.1 Å². The Hall–Kier alpha value is -3.79. The van der Waals surface area contributed by atoms with E-state index in [9.17, 15) is 19.7 Å². The van der Waals surface area contributed by atoms with E-state index >= 15 is 0 Å². The maximum absolute atomic E-state index is 13.3. The third-order valence-corrected chi connectivity index (χ3v) is 6.22. The zero-order valence-corrected chi connectivity index (χ0v) is 19.7. The molecule has 0 aliphatic heterocycles. The molecule has 9 nitrogen and oxygen atoms in total. The Morgan fingerprint density at radius 2 is 1.74 bits per heavy atom. The molecule has 2 atom stereocenters. The Bertz CT molecular complexity index is 1120. The quantitative estimate of drug-likeness (QED) is 0.333. The highest BCUT2D eigenvalue weighted by atomic mass is 32.1. The monoisotopic (exact) mass is 482 g/mol. The lowest BCUT2D eigenvalue weighted by Gasteiger charge is -2.22. The van der Waals surface area contributed by atoms with Crippen molar-refractivity contribution >= 4 is 29.0 Å². The highest BCUT2D eigenvalue weighted by molar-refractivity contribution is 7.09. The van der Waals surface area contributed by atoms with Gasteiger partial charge >= 0.3 is 6.09 Å². The molecule has 1 aromatic heterocycles. The zero-order chi connectivity index (χ0) is 24.5. The molecule has 0 bridgehead atoms. The van der Waals surface area contributed by atoms with Crippen LogP contribution < -0.4 is 10.6 Å². The van der Waals surface area contributed by atoms with E-state index in [4.69, 9.17) is 4.74 Å². The third kappa shape index (κ3) is 6.85. The second-order valence-corrected chi connectivity index (χ2v) is 8.53. The Morgan fingerprint density at radius 1 is 1.06 bits per heavy atom. The van der Waals surface area contributed by atoms with Gasteiger partial charge in [0.05, 0.1) is 28.8 Å². The van der Waals surface area contributed by atoms with Crippen molar-refractivity contribution in [2.24, 2.45) is 0 Å². The van der Waals surface area contributed by atoms with Crippen LogP contribution in [0.4, 0.5) is 10.5 Å². The number of amides is 2. The Morgan fingerprint density at radius 3 is 2.32 bits per heavy atom. The number of rotatable bonds is 10. The number of nitrogens with one attached hydrogen (secondary N) is 2. The van der Waals surface area contributed by atoms with E-state index in [0.717, 1.165) is 22.6 Å². The number of hydrogen-bond acceptors (Lipinski definition) is 7. The number of aryl methyl sites for hydroxylation is 1. The first-order valence-corrected chi connectivity index (χ1v) is 11.6. The number of benzene rings is 2. The smallest absolute Gasteiger partial charge is 0.407 e. The fourth-order valence-electron chi connectivity index (χ4n) is 3.40. The largest absolute Gasteiger partial charge is 0.453 e. The second-order valence-electron chi connectivity index (χ2n) is 7.59. The van der Waals surface area contributed by atoms with Crippen LogP contribution in [0.15, 0.2) is 60.0 Å². The summed E-state index contributed by atoms with van der Waals surface area (Å²) in [5.41, 5.74) is 2.39. The minimum absolute atomic E-state index is 0.00327. The average molecular weight is 483 g/mol. The lowest BCUT2D eigenvalue weighted by Crippen LogP contribution is -2.49. The first kappa shape index (κ1) is 24.8. The normalized spacial score (nSPS) is 12.4. The maximum Gasteiger partial charge on any atom is 0.407 e. The van der Waals surface area contributed by atoms with E-state index < -0.39 is 23.1 Å². The van der Waals surface area contributed by atoms with Crippen LogP contribution in [0.3, 0.4) is 0 Å². The molecule has 0 fully saturated rings. The van der Waals surface area contributed by atoms with Crippen molar-refractivity contribution in [3.05, 3.63) is 91.9 Å². The minimum Gasteiger partial charge on any atom is -0.453 e. The molecule has 1 unspecified atom stereocenters. The molecule has 0 saturated carbocycles. The van der Waals surface area contributed by atoms with Crippen LogP contribution in [-0.4, -0.2) is 35.1 Å². The summed E-state index contributed by atoms with van der Waals surface area (Å²) in [4.78, 5) is 40.4. The third-order valence-electron chi connectivity index (χ3n) is 5.21. The number of hydrogen-bond donors (Lipinski definition) is 2. The number of nitro groups is 1. The van der Waals surface area contributed by atoms with Crippen LogP contribution in [0.2, 0.25) is 0 Å². The summed E-state index contributed by atoms with van der Waals surface area (Å²) in [5.74, 6) is -0.382. The number of nitrogens with zero attached hydrogens (tertiary/aromatic N) is 2. The molecule has 3 aromatic rings. The predicted octanol–water partition coefficient (Wildman–Crippen LogP) is 3.98. The summed E-state index contributed by atoms with van der Waals surface area (Å²) in [6.45, 7) is 2.00. The van der Waals surface area contributed by atoms with Gasteiger partial charge < -0.3 is 15.4 Å². The molecule has 34 heavy (non-hydrogen) atoms. The van der Waals surface area contributed by atoms with Crippen molar-refractivity contribution in [2.45, 2.75) is 38.3 Å². The highest BCUT2D eigenvalue weighted by Gasteiger charge is 2.26. The van der Waals surface area contributed by atoms with Gasteiger partial charge in [-0.1, -0.05) is 49.4 Å². The van der Waals surface area contributed by atoms with Crippen LogP contribution in [0.5, 0.6) is 0 Å². The molecule has 0 aliphatic carbocycles. The number of carbonyl (C=O) groups is 2. The Kier molecular flexibility index (Phi) is 8.69. The summed E-state index contributed by atoms with van der Waals surface area (Å²) in [6.07, 6.45) is 0.726. The molecule has 0 radical (unpaired) electrons. The maximum atomic E-state index is 13.3. The summed E-state index contributed by atoms with van der Waals surface area (Å²) in [6, 6.07) is 14.2. The number of alkyl carbamates (subject to hydrolysis) is 1. The average Bonchev–Trinajstić information content (AvgIpc) is 3.33. The standard InChI is InChI=1S/C24H26N4O5S/c1-3-22-25-21(15-34-22)19(13-17-9-11-18(12-10-17)28(31)32)26-23(29)20(27-24(30)33-2)14-16-7-5-4-6-8-16/h4-12,15,19-20H,3,13-14H2,1-2H3,(H,26,29)(H,27,30)/t19-,20?/m0/s1. The van der Waals surface area contributed by atoms with Crippen LogP contribution in [0.1, 0.15) is 34.8 Å². The number of ether oxygens (including phenoxy) is 1. The molecular formula is C24H26N4O5S. The van der Waals surface area contributed by atoms with Crippen molar-refractivity contribution in [2.75, 3.05) is 7.11 Å². The Labute approximate surface area is 201 Å². The molecule has 10 heteroatoms. The van der Waals surface area contributed by atoms with Gasteiger partial charge in [-0.2, -0.15) is 0 Å².